The van der Waals surface area contributed by atoms with Crippen molar-refractivity contribution < 1.29 is 4.79 Å². The first-order valence-corrected chi connectivity index (χ1v) is 6.99. The zero-order valence-electron chi connectivity index (χ0n) is 12.6. The van der Waals surface area contributed by atoms with E-state index in [0.717, 1.165) is 17.6 Å². The maximum absolute atomic E-state index is 12.6. The average molecular weight is 269 g/mol. The first kappa shape index (κ1) is 15.5. The highest BCUT2D eigenvalue weighted by Gasteiger charge is 2.39. The van der Waals surface area contributed by atoms with E-state index in [-0.39, 0.29) is 16.6 Å². The van der Waals surface area contributed by atoms with Crippen LogP contribution >= 0.6 is 11.6 Å². The molecule has 0 N–H and O–H groups in total. The highest BCUT2D eigenvalue weighted by atomic mass is 35.5. The third-order valence-corrected chi connectivity index (χ3v) is 3.90. The number of alkyl halides is 1. The molecular weight excluding hydrogens is 244 g/mol. The van der Waals surface area contributed by atoms with Crippen LogP contribution in [0.3, 0.4) is 0 Å². The zero-order valence-corrected chi connectivity index (χ0v) is 13.4. The quantitative estimate of drug-likeness (QED) is 0.618. The summed E-state index contributed by atoms with van der Waals surface area (Å²) in [7, 11) is 0. The van der Waals surface area contributed by atoms with Gasteiger partial charge in [0.2, 0.25) is 0 Å². The molecule has 0 heterocycles. The largest absolute Gasteiger partial charge is 0.289 e. The van der Waals surface area contributed by atoms with Crippen LogP contribution in [0.15, 0.2) is 23.3 Å². The van der Waals surface area contributed by atoms with Crippen molar-refractivity contribution in [2.45, 2.75) is 59.8 Å². The molecule has 0 unspecified atom stereocenters. The molecule has 0 aliphatic heterocycles. The number of Topliss-reactive ketones (excluding diaryl/α,β-unsaturated/α-hetero) is 1. The summed E-state index contributed by atoms with van der Waals surface area (Å²) in [6, 6.07) is 0. The molecule has 0 aromatic carbocycles. The molecule has 0 atom stereocenters. The highest BCUT2D eigenvalue weighted by Crippen LogP contribution is 2.43. The number of carbonyl (C=O) groups is 1. The minimum Gasteiger partial charge on any atom is -0.289 e. The van der Waals surface area contributed by atoms with Gasteiger partial charge in [-0.15, -0.1) is 11.6 Å². The number of hydrogen-bond donors (Lipinski definition) is 0. The molecule has 0 aromatic heterocycles. The Kier molecular flexibility index (Phi) is 3.89. The van der Waals surface area contributed by atoms with Gasteiger partial charge in [-0.1, -0.05) is 60.6 Å². The van der Waals surface area contributed by atoms with Gasteiger partial charge >= 0.3 is 0 Å². The number of carbonyl (C=O) groups excluding carboxylic acids is 1. The molecule has 0 radical (unpaired) electrons. The minimum atomic E-state index is -0.515. The van der Waals surface area contributed by atoms with E-state index in [1.165, 1.54) is 0 Å². The normalized spacial score (nSPS) is 20.6. The summed E-state index contributed by atoms with van der Waals surface area (Å²) >= 11 is 6.62. The highest BCUT2D eigenvalue weighted by molar-refractivity contribution is 6.29. The molecule has 0 amide bonds. The second kappa shape index (κ2) is 4.52. The van der Waals surface area contributed by atoms with Crippen LogP contribution in [0.4, 0.5) is 0 Å². The molecule has 1 aliphatic rings. The Hall–Kier alpha value is -0.560. The molecule has 0 fully saturated rings. The summed E-state index contributed by atoms with van der Waals surface area (Å²) < 4.78 is 0. The van der Waals surface area contributed by atoms with Crippen molar-refractivity contribution in [3.8, 4) is 0 Å². The molecule has 0 aromatic rings. The van der Waals surface area contributed by atoms with Crippen molar-refractivity contribution in [3.05, 3.63) is 23.3 Å². The van der Waals surface area contributed by atoms with E-state index in [1.807, 2.05) is 12.2 Å². The van der Waals surface area contributed by atoms with E-state index in [9.17, 15) is 4.79 Å². The first-order valence-electron chi connectivity index (χ1n) is 6.61. The molecule has 0 saturated carbocycles. The third-order valence-electron chi connectivity index (χ3n) is 3.42. The van der Waals surface area contributed by atoms with E-state index in [2.05, 4.69) is 48.5 Å². The fourth-order valence-electron chi connectivity index (χ4n) is 2.12. The summed E-state index contributed by atoms with van der Waals surface area (Å²) in [5.41, 5.74) is 1.34. The van der Waals surface area contributed by atoms with Gasteiger partial charge in [-0.05, 0) is 17.3 Å². The summed E-state index contributed by atoms with van der Waals surface area (Å²) in [5, 5.41) is 0. The standard InChI is InChI=1S/C16H25ClO/c1-8-16(17)9-11(14(2,3)4)13(18)12(10-16)15(5,6)7/h9-10H,8H2,1-7H3. The Morgan fingerprint density at radius 1 is 1.00 bits per heavy atom. The van der Waals surface area contributed by atoms with Crippen LogP contribution in [0.25, 0.3) is 0 Å². The molecule has 0 bridgehead atoms. The van der Waals surface area contributed by atoms with Gasteiger partial charge in [-0.2, -0.15) is 0 Å². The van der Waals surface area contributed by atoms with Crippen molar-refractivity contribution in [2.75, 3.05) is 0 Å². The molecule has 0 spiro atoms. The van der Waals surface area contributed by atoms with E-state index in [1.54, 1.807) is 0 Å². The van der Waals surface area contributed by atoms with Crippen LogP contribution in [0.2, 0.25) is 0 Å². The van der Waals surface area contributed by atoms with Gasteiger partial charge in [0.1, 0.15) is 0 Å². The Balaban J connectivity index is 3.40. The topological polar surface area (TPSA) is 17.1 Å². The van der Waals surface area contributed by atoms with Crippen LogP contribution in [-0.2, 0) is 4.79 Å². The SMILES string of the molecule is CCC1(Cl)C=C(C(C)(C)C)C(=O)C(C(C)(C)C)=C1. The van der Waals surface area contributed by atoms with Crippen LogP contribution in [0.5, 0.6) is 0 Å². The molecule has 1 rings (SSSR count). The predicted molar refractivity (Wildman–Crippen MR) is 79.0 cm³/mol. The third kappa shape index (κ3) is 3.06. The molecule has 1 aliphatic carbocycles. The second-order valence-electron chi connectivity index (χ2n) is 7.23. The maximum atomic E-state index is 12.6. The number of halogens is 1. The molecule has 18 heavy (non-hydrogen) atoms. The number of allylic oxidation sites excluding steroid dienone is 4. The van der Waals surface area contributed by atoms with Crippen LogP contribution in [0.1, 0.15) is 54.9 Å². The molecule has 0 saturated heterocycles. The van der Waals surface area contributed by atoms with Crippen LogP contribution in [-0.4, -0.2) is 10.7 Å². The van der Waals surface area contributed by atoms with Gasteiger partial charge in [-0.3, -0.25) is 4.79 Å². The Morgan fingerprint density at radius 3 is 1.56 bits per heavy atom. The summed E-state index contributed by atoms with van der Waals surface area (Å²) in [4.78, 5) is 12.1. The van der Waals surface area contributed by atoms with Crippen LogP contribution < -0.4 is 0 Å². The molecular formula is C16H25ClO. The van der Waals surface area contributed by atoms with E-state index >= 15 is 0 Å². The molecule has 2 heteroatoms. The number of hydrogen-bond acceptors (Lipinski definition) is 1. The van der Waals surface area contributed by atoms with E-state index in [0.29, 0.717) is 0 Å². The lowest BCUT2D eigenvalue weighted by atomic mass is 9.70. The first-order chi connectivity index (χ1) is 7.91. The number of ketones is 1. The van der Waals surface area contributed by atoms with Gasteiger partial charge in [0, 0.05) is 11.1 Å². The van der Waals surface area contributed by atoms with Gasteiger partial charge in [-0.25, -0.2) is 0 Å². The summed E-state index contributed by atoms with van der Waals surface area (Å²) in [6.07, 6.45) is 4.69. The van der Waals surface area contributed by atoms with Crippen molar-refractivity contribution >= 4 is 17.4 Å². The van der Waals surface area contributed by atoms with Gasteiger partial charge in [0.05, 0.1) is 4.87 Å². The zero-order chi connectivity index (χ0) is 14.4. The lowest BCUT2D eigenvalue weighted by molar-refractivity contribution is -0.114. The predicted octanol–water partition coefficient (Wildman–Crippen LogP) is 4.90. The summed E-state index contributed by atoms with van der Waals surface area (Å²) in [6.45, 7) is 14.4. The molecule has 1 nitrogen and oxygen atoms in total. The van der Waals surface area contributed by atoms with Gasteiger partial charge < -0.3 is 0 Å². The maximum Gasteiger partial charge on any atom is 0.185 e. The van der Waals surface area contributed by atoms with Crippen molar-refractivity contribution in [1.29, 1.82) is 0 Å². The average Bonchev–Trinajstić information content (AvgIpc) is 2.18. The Bertz CT molecular complexity index is 379. The Morgan fingerprint density at radius 2 is 1.33 bits per heavy atom. The van der Waals surface area contributed by atoms with Crippen molar-refractivity contribution in [3.63, 3.8) is 0 Å². The fourth-order valence-corrected chi connectivity index (χ4v) is 2.33. The van der Waals surface area contributed by atoms with Crippen molar-refractivity contribution in [2.24, 2.45) is 10.8 Å². The lowest BCUT2D eigenvalue weighted by Crippen LogP contribution is -2.34. The second-order valence-corrected chi connectivity index (χ2v) is 7.93. The smallest absolute Gasteiger partial charge is 0.185 e. The summed E-state index contributed by atoms with van der Waals surface area (Å²) in [5.74, 6) is 0.153. The fraction of sp³-hybridized carbons (Fsp3) is 0.688. The van der Waals surface area contributed by atoms with Crippen molar-refractivity contribution in [1.82, 2.24) is 0 Å². The van der Waals surface area contributed by atoms with E-state index in [4.69, 9.17) is 11.6 Å². The molecule has 102 valence electrons. The van der Waals surface area contributed by atoms with E-state index < -0.39 is 4.87 Å². The number of rotatable bonds is 1. The Labute approximate surface area is 116 Å². The monoisotopic (exact) mass is 268 g/mol. The minimum absolute atomic E-state index is 0.153. The van der Waals surface area contributed by atoms with Gasteiger partial charge in [0.25, 0.3) is 0 Å². The van der Waals surface area contributed by atoms with Crippen LogP contribution in [0, 0.1) is 10.8 Å². The van der Waals surface area contributed by atoms with Gasteiger partial charge in [0.15, 0.2) is 5.78 Å². The lowest BCUT2D eigenvalue weighted by Gasteiger charge is -2.36.